The molecule has 0 bridgehead atoms. The van der Waals surface area contributed by atoms with Crippen LogP contribution >= 0.6 is 0 Å². The van der Waals surface area contributed by atoms with Crippen LogP contribution in [0.25, 0.3) is 10.9 Å². The smallest absolute Gasteiger partial charge is 0.264 e. The zero-order chi connectivity index (χ0) is 20.4. The summed E-state index contributed by atoms with van der Waals surface area (Å²) in [6.07, 6.45) is 1.77. The van der Waals surface area contributed by atoms with Crippen molar-refractivity contribution in [2.75, 3.05) is 35.7 Å². The van der Waals surface area contributed by atoms with Crippen molar-refractivity contribution in [2.45, 2.75) is 13.3 Å². The highest BCUT2D eigenvalue weighted by Gasteiger charge is 2.22. The molecule has 0 aliphatic carbocycles. The number of amides is 2. The third kappa shape index (κ3) is 3.96. The van der Waals surface area contributed by atoms with Crippen LogP contribution in [0.3, 0.4) is 0 Å². The molecule has 2 heterocycles. The van der Waals surface area contributed by atoms with Crippen molar-refractivity contribution in [1.82, 2.24) is 9.97 Å². The minimum absolute atomic E-state index is 0.0259. The second kappa shape index (κ2) is 7.75. The maximum Gasteiger partial charge on any atom is 0.264 e. The highest BCUT2D eigenvalue weighted by Crippen LogP contribution is 2.33. The van der Waals surface area contributed by atoms with Crippen molar-refractivity contribution < 1.29 is 14.3 Å². The van der Waals surface area contributed by atoms with Gasteiger partial charge in [0.25, 0.3) is 5.91 Å². The Balaban J connectivity index is 1.38. The molecule has 0 saturated heterocycles. The number of hydrogen-bond donors (Lipinski definition) is 2. The lowest BCUT2D eigenvalue weighted by Gasteiger charge is -2.26. The van der Waals surface area contributed by atoms with Gasteiger partial charge in [0.15, 0.2) is 6.61 Å². The van der Waals surface area contributed by atoms with Gasteiger partial charge in [-0.15, -0.1) is 0 Å². The van der Waals surface area contributed by atoms with Gasteiger partial charge in [-0.3, -0.25) is 9.59 Å². The molecule has 3 aromatic rings. The third-order valence-electron chi connectivity index (χ3n) is 4.76. The molecule has 2 aromatic carbocycles. The van der Waals surface area contributed by atoms with Crippen molar-refractivity contribution >= 4 is 39.9 Å². The third-order valence-corrected chi connectivity index (χ3v) is 4.76. The predicted octanol–water partition coefficient (Wildman–Crippen LogP) is 2.73. The van der Waals surface area contributed by atoms with E-state index in [0.717, 1.165) is 16.5 Å². The molecule has 0 atom stereocenters. The van der Waals surface area contributed by atoms with E-state index in [1.165, 1.54) is 11.2 Å². The average Bonchev–Trinajstić information content (AvgIpc) is 2.71. The number of carbonyl (C=O) groups excluding carboxylic acids is 2. The highest BCUT2D eigenvalue weighted by molar-refractivity contribution is 5.99. The SMILES string of the molecule is Cc1ccc2ncnc(NCCC(=O)Nc3ccc4c(c3)N(C)C(=O)CO4)c2c1. The summed E-state index contributed by atoms with van der Waals surface area (Å²) in [5, 5.41) is 6.99. The van der Waals surface area contributed by atoms with E-state index in [4.69, 9.17) is 4.74 Å². The Bertz CT molecular complexity index is 1100. The minimum Gasteiger partial charge on any atom is -0.482 e. The first kappa shape index (κ1) is 18.7. The first-order chi connectivity index (χ1) is 14.0. The second-order valence-electron chi connectivity index (χ2n) is 6.89. The van der Waals surface area contributed by atoms with Gasteiger partial charge in [-0.2, -0.15) is 0 Å². The first-order valence-corrected chi connectivity index (χ1v) is 9.30. The van der Waals surface area contributed by atoms with Gasteiger partial charge >= 0.3 is 0 Å². The quantitative estimate of drug-likeness (QED) is 0.694. The number of hydrogen-bond acceptors (Lipinski definition) is 6. The van der Waals surface area contributed by atoms with E-state index in [0.29, 0.717) is 29.5 Å². The van der Waals surface area contributed by atoms with Crippen LogP contribution in [0, 0.1) is 6.92 Å². The molecule has 2 N–H and O–H groups in total. The molecule has 4 rings (SSSR count). The fraction of sp³-hybridized carbons (Fsp3) is 0.238. The standard InChI is InChI=1S/C21H21N5O3/c1-13-3-5-16-15(9-13)21(24-12-23-16)22-8-7-19(27)25-14-4-6-18-17(10-14)26(2)20(28)11-29-18/h3-6,9-10,12H,7-8,11H2,1-2H3,(H,25,27)(H,22,23,24). The van der Waals surface area contributed by atoms with Gasteiger partial charge in [0.1, 0.15) is 17.9 Å². The Hall–Kier alpha value is -3.68. The summed E-state index contributed by atoms with van der Waals surface area (Å²) in [5.41, 5.74) is 3.22. The molecule has 0 spiro atoms. The molecule has 0 fully saturated rings. The van der Waals surface area contributed by atoms with Gasteiger partial charge in [-0.1, -0.05) is 11.6 Å². The van der Waals surface area contributed by atoms with Crippen molar-refractivity contribution in [3.8, 4) is 5.75 Å². The van der Waals surface area contributed by atoms with E-state index in [2.05, 4.69) is 20.6 Å². The van der Waals surface area contributed by atoms with Gasteiger partial charge in [0.05, 0.1) is 11.2 Å². The molecule has 8 heteroatoms. The first-order valence-electron chi connectivity index (χ1n) is 9.30. The second-order valence-corrected chi connectivity index (χ2v) is 6.89. The Morgan fingerprint density at radius 3 is 2.93 bits per heavy atom. The molecule has 2 amide bonds. The van der Waals surface area contributed by atoms with Gasteiger partial charge in [0, 0.05) is 31.1 Å². The molecule has 8 nitrogen and oxygen atoms in total. The number of ether oxygens (including phenoxy) is 1. The summed E-state index contributed by atoms with van der Waals surface area (Å²) in [6, 6.07) is 11.2. The monoisotopic (exact) mass is 391 g/mol. The fourth-order valence-electron chi connectivity index (χ4n) is 3.18. The predicted molar refractivity (Wildman–Crippen MR) is 111 cm³/mol. The van der Waals surface area contributed by atoms with Crippen LogP contribution in [0.1, 0.15) is 12.0 Å². The van der Waals surface area contributed by atoms with Crippen LogP contribution in [0.4, 0.5) is 17.2 Å². The number of benzene rings is 2. The molecular weight excluding hydrogens is 370 g/mol. The number of aryl methyl sites for hydroxylation is 1. The lowest BCUT2D eigenvalue weighted by molar-refractivity contribution is -0.121. The van der Waals surface area contributed by atoms with E-state index in [1.54, 1.807) is 25.2 Å². The summed E-state index contributed by atoms with van der Waals surface area (Å²) in [6.45, 7) is 2.47. The summed E-state index contributed by atoms with van der Waals surface area (Å²) >= 11 is 0. The Morgan fingerprint density at radius 1 is 1.21 bits per heavy atom. The Labute approximate surface area is 167 Å². The number of likely N-dealkylation sites (N-methyl/N-ethyl adjacent to an activating group) is 1. The maximum absolute atomic E-state index is 12.3. The van der Waals surface area contributed by atoms with Crippen molar-refractivity contribution in [3.05, 3.63) is 48.3 Å². The van der Waals surface area contributed by atoms with Gasteiger partial charge < -0.3 is 20.3 Å². The molecule has 1 aliphatic rings. The van der Waals surface area contributed by atoms with Gasteiger partial charge in [0.2, 0.25) is 5.91 Å². The van der Waals surface area contributed by atoms with E-state index in [9.17, 15) is 9.59 Å². The normalized spacial score (nSPS) is 13.0. The molecule has 1 aromatic heterocycles. The largest absolute Gasteiger partial charge is 0.482 e. The zero-order valence-electron chi connectivity index (χ0n) is 16.2. The van der Waals surface area contributed by atoms with Crippen LogP contribution in [-0.4, -0.2) is 42.0 Å². The topological polar surface area (TPSA) is 96.5 Å². The highest BCUT2D eigenvalue weighted by atomic mass is 16.5. The summed E-state index contributed by atoms with van der Waals surface area (Å²) < 4.78 is 5.40. The lowest BCUT2D eigenvalue weighted by atomic mass is 10.1. The Morgan fingerprint density at radius 2 is 2.07 bits per heavy atom. The molecule has 148 valence electrons. The summed E-state index contributed by atoms with van der Waals surface area (Å²) in [4.78, 5) is 34.2. The average molecular weight is 391 g/mol. The Kier molecular flexibility index (Phi) is 4.99. The zero-order valence-corrected chi connectivity index (χ0v) is 16.2. The van der Waals surface area contributed by atoms with Crippen molar-refractivity contribution in [1.29, 1.82) is 0 Å². The molecule has 1 aliphatic heterocycles. The molecular formula is C21H21N5O3. The number of nitrogens with one attached hydrogen (secondary N) is 2. The van der Waals surface area contributed by atoms with E-state index in [-0.39, 0.29) is 24.8 Å². The van der Waals surface area contributed by atoms with Crippen LogP contribution in [0.5, 0.6) is 5.75 Å². The van der Waals surface area contributed by atoms with E-state index >= 15 is 0 Å². The van der Waals surface area contributed by atoms with Crippen molar-refractivity contribution in [3.63, 3.8) is 0 Å². The minimum atomic E-state index is -0.141. The van der Waals surface area contributed by atoms with Crippen molar-refractivity contribution in [2.24, 2.45) is 0 Å². The number of fused-ring (bicyclic) bond motifs is 2. The van der Waals surface area contributed by atoms with Crippen LogP contribution in [0.15, 0.2) is 42.7 Å². The molecule has 0 saturated carbocycles. The number of carbonyl (C=O) groups is 2. The summed E-state index contributed by atoms with van der Waals surface area (Å²) in [5.74, 6) is 1.06. The molecule has 29 heavy (non-hydrogen) atoms. The van der Waals surface area contributed by atoms with E-state index in [1.807, 2.05) is 25.1 Å². The number of rotatable bonds is 5. The number of aromatic nitrogens is 2. The number of nitrogens with zero attached hydrogens (tertiary/aromatic N) is 3. The van der Waals surface area contributed by atoms with Crippen LogP contribution in [0.2, 0.25) is 0 Å². The van der Waals surface area contributed by atoms with Crippen LogP contribution < -0.4 is 20.3 Å². The maximum atomic E-state index is 12.3. The van der Waals surface area contributed by atoms with Gasteiger partial charge in [-0.25, -0.2) is 9.97 Å². The fourth-order valence-corrected chi connectivity index (χ4v) is 3.18. The summed E-state index contributed by atoms with van der Waals surface area (Å²) in [7, 11) is 1.69. The van der Waals surface area contributed by atoms with Crippen LogP contribution in [-0.2, 0) is 9.59 Å². The molecule has 0 radical (unpaired) electrons. The number of anilines is 3. The lowest BCUT2D eigenvalue weighted by Crippen LogP contribution is -2.35. The van der Waals surface area contributed by atoms with Gasteiger partial charge in [-0.05, 0) is 37.3 Å². The molecule has 0 unspecified atom stereocenters. The van der Waals surface area contributed by atoms with E-state index < -0.39 is 0 Å².